The Morgan fingerprint density at radius 1 is 1.07 bits per heavy atom. The molecule has 1 amide bonds. The Balaban J connectivity index is 1.69. The SMILES string of the molecule is CCOc1ccc(C(=O)Nc2cnn(Cc3cnn(CC)c3C)c2)cc1OCC. The first-order valence-electron chi connectivity index (χ1n) is 9.80. The quantitative estimate of drug-likeness (QED) is 0.597. The van der Waals surface area contributed by atoms with Crippen LogP contribution in [0.1, 0.15) is 42.4 Å². The molecule has 2 aromatic heterocycles. The van der Waals surface area contributed by atoms with E-state index in [4.69, 9.17) is 9.47 Å². The van der Waals surface area contributed by atoms with E-state index in [9.17, 15) is 4.79 Å². The van der Waals surface area contributed by atoms with Crippen LogP contribution in [-0.2, 0) is 13.1 Å². The van der Waals surface area contributed by atoms with Gasteiger partial charge >= 0.3 is 0 Å². The number of benzene rings is 1. The zero-order valence-corrected chi connectivity index (χ0v) is 17.3. The third-order valence-corrected chi connectivity index (χ3v) is 4.53. The lowest BCUT2D eigenvalue weighted by Gasteiger charge is -2.12. The number of hydrogen-bond acceptors (Lipinski definition) is 5. The van der Waals surface area contributed by atoms with E-state index >= 15 is 0 Å². The van der Waals surface area contributed by atoms with E-state index < -0.39 is 0 Å². The summed E-state index contributed by atoms with van der Waals surface area (Å²) in [7, 11) is 0. The minimum absolute atomic E-state index is 0.233. The summed E-state index contributed by atoms with van der Waals surface area (Å²) in [6, 6.07) is 5.16. The lowest BCUT2D eigenvalue weighted by molar-refractivity contribution is 0.102. The van der Waals surface area contributed by atoms with Crippen molar-refractivity contribution < 1.29 is 14.3 Å². The van der Waals surface area contributed by atoms with Crippen molar-refractivity contribution in [3.05, 3.63) is 53.6 Å². The van der Waals surface area contributed by atoms with Crippen molar-refractivity contribution in [3.8, 4) is 11.5 Å². The van der Waals surface area contributed by atoms with E-state index in [2.05, 4.69) is 22.4 Å². The van der Waals surface area contributed by atoms with E-state index in [1.807, 2.05) is 31.6 Å². The van der Waals surface area contributed by atoms with Crippen LogP contribution < -0.4 is 14.8 Å². The predicted molar refractivity (Wildman–Crippen MR) is 111 cm³/mol. The molecule has 0 saturated heterocycles. The summed E-state index contributed by atoms with van der Waals surface area (Å²) in [5.74, 6) is 0.950. The Bertz CT molecular complexity index is 977. The lowest BCUT2D eigenvalue weighted by Crippen LogP contribution is -2.12. The molecule has 0 radical (unpaired) electrons. The molecule has 3 aromatic rings. The minimum atomic E-state index is -0.233. The Hall–Kier alpha value is -3.29. The molecule has 0 aliphatic heterocycles. The molecule has 8 heteroatoms. The monoisotopic (exact) mass is 397 g/mol. The van der Waals surface area contributed by atoms with Crippen LogP contribution in [-0.4, -0.2) is 38.7 Å². The van der Waals surface area contributed by atoms with Crippen LogP contribution in [0.4, 0.5) is 5.69 Å². The largest absolute Gasteiger partial charge is 0.490 e. The molecule has 29 heavy (non-hydrogen) atoms. The van der Waals surface area contributed by atoms with Gasteiger partial charge in [0, 0.05) is 29.6 Å². The topological polar surface area (TPSA) is 83.2 Å². The van der Waals surface area contributed by atoms with E-state index in [0.717, 1.165) is 17.8 Å². The molecule has 1 aromatic carbocycles. The highest BCUT2D eigenvalue weighted by Gasteiger charge is 2.13. The number of hydrogen-bond donors (Lipinski definition) is 1. The highest BCUT2D eigenvalue weighted by Crippen LogP contribution is 2.29. The molecule has 0 spiro atoms. The van der Waals surface area contributed by atoms with E-state index in [1.165, 1.54) is 0 Å². The molecule has 0 aliphatic carbocycles. The van der Waals surface area contributed by atoms with Gasteiger partial charge in [-0.15, -0.1) is 0 Å². The van der Waals surface area contributed by atoms with Gasteiger partial charge in [-0.2, -0.15) is 10.2 Å². The Morgan fingerprint density at radius 2 is 1.83 bits per heavy atom. The molecule has 0 saturated carbocycles. The van der Waals surface area contributed by atoms with E-state index in [0.29, 0.717) is 42.5 Å². The summed E-state index contributed by atoms with van der Waals surface area (Å²) in [6.45, 7) is 10.3. The first-order chi connectivity index (χ1) is 14.0. The van der Waals surface area contributed by atoms with Crippen molar-refractivity contribution in [2.24, 2.45) is 0 Å². The second-order valence-corrected chi connectivity index (χ2v) is 6.48. The molecule has 154 valence electrons. The van der Waals surface area contributed by atoms with E-state index in [1.54, 1.807) is 35.3 Å². The van der Waals surface area contributed by atoms with Gasteiger partial charge in [0.15, 0.2) is 11.5 Å². The first-order valence-corrected chi connectivity index (χ1v) is 9.80. The molecular weight excluding hydrogens is 370 g/mol. The van der Waals surface area contributed by atoms with Crippen molar-refractivity contribution in [1.29, 1.82) is 0 Å². The third kappa shape index (κ3) is 4.77. The van der Waals surface area contributed by atoms with Gasteiger partial charge < -0.3 is 14.8 Å². The lowest BCUT2D eigenvalue weighted by atomic mass is 10.2. The molecule has 2 heterocycles. The maximum atomic E-state index is 12.6. The zero-order valence-electron chi connectivity index (χ0n) is 17.3. The van der Waals surface area contributed by atoms with Crippen LogP contribution in [0.5, 0.6) is 11.5 Å². The number of aromatic nitrogens is 4. The zero-order chi connectivity index (χ0) is 20.8. The fourth-order valence-corrected chi connectivity index (χ4v) is 3.04. The molecule has 0 unspecified atom stereocenters. The fourth-order valence-electron chi connectivity index (χ4n) is 3.04. The summed E-state index contributed by atoms with van der Waals surface area (Å²) in [6.07, 6.45) is 5.29. The average Bonchev–Trinajstić information content (AvgIpc) is 3.30. The van der Waals surface area contributed by atoms with Crippen molar-refractivity contribution in [3.63, 3.8) is 0 Å². The number of nitrogens with one attached hydrogen (secondary N) is 1. The number of rotatable bonds is 9. The van der Waals surface area contributed by atoms with Crippen LogP contribution in [0.15, 0.2) is 36.8 Å². The van der Waals surface area contributed by atoms with Gasteiger partial charge in [0.2, 0.25) is 0 Å². The van der Waals surface area contributed by atoms with Crippen LogP contribution in [0.3, 0.4) is 0 Å². The van der Waals surface area contributed by atoms with Crippen molar-refractivity contribution in [2.75, 3.05) is 18.5 Å². The number of aryl methyl sites for hydroxylation is 1. The molecule has 3 rings (SSSR count). The summed E-state index contributed by atoms with van der Waals surface area (Å²) in [4.78, 5) is 12.6. The summed E-state index contributed by atoms with van der Waals surface area (Å²) in [5, 5.41) is 11.6. The summed E-state index contributed by atoms with van der Waals surface area (Å²) < 4.78 is 14.9. The Morgan fingerprint density at radius 3 is 2.52 bits per heavy atom. The van der Waals surface area contributed by atoms with Gasteiger partial charge in [-0.3, -0.25) is 14.2 Å². The summed E-state index contributed by atoms with van der Waals surface area (Å²) in [5.41, 5.74) is 3.33. The molecular formula is C21H27N5O3. The fraction of sp³-hybridized carbons (Fsp3) is 0.381. The third-order valence-electron chi connectivity index (χ3n) is 4.53. The maximum absolute atomic E-state index is 12.6. The normalized spacial score (nSPS) is 10.8. The second-order valence-electron chi connectivity index (χ2n) is 6.48. The number of anilines is 1. The molecule has 0 aliphatic rings. The number of carbonyl (C=O) groups is 1. The number of carbonyl (C=O) groups excluding carboxylic acids is 1. The molecule has 8 nitrogen and oxygen atoms in total. The van der Waals surface area contributed by atoms with Crippen molar-refractivity contribution in [2.45, 2.75) is 40.8 Å². The second kappa shape index (κ2) is 9.27. The van der Waals surface area contributed by atoms with Crippen LogP contribution >= 0.6 is 0 Å². The van der Waals surface area contributed by atoms with Gasteiger partial charge in [-0.25, -0.2) is 0 Å². The number of amides is 1. The molecule has 1 N–H and O–H groups in total. The molecule has 0 atom stereocenters. The predicted octanol–water partition coefficient (Wildman–Crippen LogP) is 3.51. The van der Waals surface area contributed by atoms with Crippen molar-refractivity contribution in [1.82, 2.24) is 19.6 Å². The smallest absolute Gasteiger partial charge is 0.255 e. The maximum Gasteiger partial charge on any atom is 0.255 e. The molecule has 0 fully saturated rings. The van der Waals surface area contributed by atoms with Gasteiger partial charge in [0.25, 0.3) is 5.91 Å². The van der Waals surface area contributed by atoms with Crippen LogP contribution in [0, 0.1) is 6.92 Å². The summed E-state index contributed by atoms with van der Waals surface area (Å²) >= 11 is 0. The number of ether oxygens (including phenoxy) is 2. The van der Waals surface area contributed by atoms with Gasteiger partial charge in [0.05, 0.1) is 37.8 Å². The molecule has 0 bridgehead atoms. The van der Waals surface area contributed by atoms with Gasteiger partial charge in [-0.1, -0.05) is 0 Å². The standard InChI is InChI=1S/C21H27N5O3/c1-5-26-15(4)17(11-23-26)13-25-14-18(12-22-25)24-21(27)16-8-9-19(28-6-2)20(10-16)29-7-3/h8-12,14H,5-7,13H2,1-4H3,(H,24,27). The highest BCUT2D eigenvalue weighted by molar-refractivity contribution is 6.04. The van der Waals surface area contributed by atoms with Crippen LogP contribution in [0.25, 0.3) is 0 Å². The first kappa shape index (κ1) is 20.4. The van der Waals surface area contributed by atoms with E-state index in [-0.39, 0.29) is 5.91 Å². The Labute approximate surface area is 170 Å². The van der Waals surface area contributed by atoms with Crippen molar-refractivity contribution >= 4 is 11.6 Å². The van der Waals surface area contributed by atoms with Gasteiger partial charge in [-0.05, 0) is 45.9 Å². The Kier molecular flexibility index (Phi) is 6.54. The highest BCUT2D eigenvalue weighted by atomic mass is 16.5. The minimum Gasteiger partial charge on any atom is -0.490 e. The van der Waals surface area contributed by atoms with Crippen LogP contribution in [0.2, 0.25) is 0 Å². The average molecular weight is 397 g/mol. The van der Waals surface area contributed by atoms with Gasteiger partial charge in [0.1, 0.15) is 0 Å². The number of nitrogens with zero attached hydrogens (tertiary/aromatic N) is 4.